The average Bonchev–Trinajstić information content (AvgIpc) is 2.78. The van der Waals surface area contributed by atoms with Gasteiger partial charge in [0.05, 0.1) is 14.4 Å². The summed E-state index contributed by atoms with van der Waals surface area (Å²) in [7, 11) is 0. The first-order chi connectivity index (χ1) is 8.22. The van der Waals surface area contributed by atoms with E-state index in [1.807, 2.05) is 12.1 Å². The Morgan fingerprint density at radius 2 is 2.00 bits per heavy atom. The van der Waals surface area contributed by atoms with E-state index < -0.39 is 0 Å². The van der Waals surface area contributed by atoms with Gasteiger partial charge in [0.1, 0.15) is 6.07 Å². The maximum Gasteiger partial charge on any atom is 0.101 e. The molecule has 0 aliphatic carbocycles. The summed E-state index contributed by atoms with van der Waals surface area (Å²) in [4.78, 5) is 4.79. The molecule has 0 aromatic carbocycles. The van der Waals surface area contributed by atoms with E-state index in [9.17, 15) is 5.26 Å². The molecule has 2 aromatic heterocycles. The van der Waals surface area contributed by atoms with Gasteiger partial charge in [-0.05, 0) is 45.8 Å². The SMILES string of the molecule is N#C/C(=C(/Cl)c1ccc(Br)s1)c1ccncc1. The molecule has 84 valence electrons. The number of pyridine rings is 1. The summed E-state index contributed by atoms with van der Waals surface area (Å²) in [6.07, 6.45) is 3.28. The number of halogens is 2. The van der Waals surface area contributed by atoms with Gasteiger partial charge in [-0.3, -0.25) is 4.98 Å². The van der Waals surface area contributed by atoms with Gasteiger partial charge in [0.2, 0.25) is 0 Å². The van der Waals surface area contributed by atoms with Crippen LogP contribution in [-0.4, -0.2) is 4.98 Å². The van der Waals surface area contributed by atoms with E-state index in [0.717, 1.165) is 14.2 Å². The van der Waals surface area contributed by atoms with Crippen LogP contribution in [0.25, 0.3) is 10.6 Å². The number of nitrogens with zero attached hydrogens (tertiary/aromatic N) is 2. The fourth-order valence-corrected chi connectivity index (χ4v) is 2.97. The van der Waals surface area contributed by atoms with E-state index in [1.54, 1.807) is 24.5 Å². The minimum Gasteiger partial charge on any atom is -0.265 e. The molecule has 2 aromatic rings. The van der Waals surface area contributed by atoms with Gasteiger partial charge in [0, 0.05) is 17.3 Å². The molecule has 0 unspecified atom stereocenters. The van der Waals surface area contributed by atoms with E-state index in [4.69, 9.17) is 11.6 Å². The van der Waals surface area contributed by atoms with Crippen molar-refractivity contribution in [2.45, 2.75) is 0 Å². The van der Waals surface area contributed by atoms with Crippen molar-refractivity contribution in [1.82, 2.24) is 4.98 Å². The van der Waals surface area contributed by atoms with E-state index in [0.29, 0.717) is 10.6 Å². The Balaban J connectivity index is 2.52. The Morgan fingerprint density at radius 3 is 2.53 bits per heavy atom. The molecule has 0 saturated carbocycles. The average molecular weight is 326 g/mol. The van der Waals surface area contributed by atoms with Crippen molar-refractivity contribution in [3.8, 4) is 6.07 Å². The molecule has 0 atom stereocenters. The third-order valence-corrected chi connectivity index (χ3v) is 4.24. The van der Waals surface area contributed by atoms with Crippen LogP contribution in [0.2, 0.25) is 0 Å². The van der Waals surface area contributed by atoms with Crippen molar-refractivity contribution in [3.63, 3.8) is 0 Å². The van der Waals surface area contributed by atoms with Crippen molar-refractivity contribution in [3.05, 3.63) is 50.9 Å². The zero-order chi connectivity index (χ0) is 12.3. The summed E-state index contributed by atoms with van der Waals surface area (Å²) in [6.45, 7) is 0. The third-order valence-electron chi connectivity index (χ3n) is 2.09. The Bertz CT molecular complexity index is 598. The highest BCUT2D eigenvalue weighted by Gasteiger charge is 2.11. The van der Waals surface area contributed by atoms with Crippen molar-refractivity contribution >= 4 is 49.5 Å². The van der Waals surface area contributed by atoms with Crippen molar-refractivity contribution in [1.29, 1.82) is 5.26 Å². The predicted octanol–water partition coefficient (Wildman–Crippen LogP) is 4.54. The number of hydrogen-bond donors (Lipinski definition) is 0. The Kier molecular flexibility index (Phi) is 3.95. The largest absolute Gasteiger partial charge is 0.265 e. The Hall–Kier alpha value is -1.15. The van der Waals surface area contributed by atoms with Crippen LogP contribution >= 0.6 is 38.9 Å². The van der Waals surface area contributed by atoms with E-state index >= 15 is 0 Å². The van der Waals surface area contributed by atoms with Gasteiger partial charge in [-0.25, -0.2) is 0 Å². The molecule has 2 heterocycles. The molecule has 2 rings (SSSR count). The first-order valence-electron chi connectivity index (χ1n) is 4.68. The molecule has 0 aliphatic heterocycles. The Morgan fingerprint density at radius 1 is 1.29 bits per heavy atom. The zero-order valence-electron chi connectivity index (χ0n) is 8.52. The Labute approximate surface area is 116 Å². The van der Waals surface area contributed by atoms with Crippen LogP contribution in [0.3, 0.4) is 0 Å². The van der Waals surface area contributed by atoms with Crippen LogP contribution in [0, 0.1) is 11.3 Å². The molecule has 2 nitrogen and oxygen atoms in total. The van der Waals surface area contributed by atoms with E-state index in [-0.39, 0.29) is 0 Å². The summed E-state index contributed by atoms with van der Waals surface area (Å²) in [5.41, 5.74) is 1.24. The van der Waals surface area contributed by atoms with E-state index in [1.165, 1.54) is 11.3 Å². The lowest BCUT2D eigenvalue weighted by Crippen LogP contribution is -1.84. The highest BCUT2D eigenvalue weighted by molar-refractivity contribution is 9.11. The number of nitriles is 1. The minimum atomic E-state index is 0.461. The maximum atomic E-state index is 9.20. The summed E-state index contributed by atoms with van der Waals surface area (Å²) in [5, 5.41) is 9.67. The smallest absolute Gasteiger partial charge is 0.101 e. The number of thiophene rings is 1. The van der Waals surface area contributed by atoms with Gasteiger partial charge in [0.25, 0.3) is 0 Å². The van der Waals surface area contributed by atoms with Gasteiger partial charge in [-0.1, -0.05) is 11.6 Å². The minimum absolute atomic E-state index is 0.461. The van der Waals surface area contributed by atoms with Crippen molar-refractivity contribution in [2.75, 3.05) is 0 Å². The van der Waals surface area contributed by atoms with Gasteiger partial charge < -0.3 is 0 Å². The molecule has 17 heavy (non-hydrogen) atoms. The number of hydrogen-bond acceptors (Lipinski definition) is 3. The third kappa shape index (κ3) is 2.75. The van der Waals surface area contributed by atoms with Crippen molar-refractivity contribution in [2.24, 2.45) is 0 Å². The summed E-state index contributed by atoms with van der Waals surface area (Å²) in [6, 6.07) is 9.46. The lowest BCUT2D eigenvalue weighted by Gasteiger charge is -2.01. The van der Waals surface area contributed by atoms with Crippen LogP contribution < -0.4 is 0 Å². The second-order valence-electron chi connectivity index (χ2n) is 3.14. The second-order valence-corrected chi connectivity index (χ2v) is 5.98. The molecule has 0 radical (unpaired) electrons. The first-order valence-corrected chi connectivity index (χ1v) is 6.67. The molecular formula is C12H6BrClN2S. The summed E-state index contributed by atoms with van der Waals surface area (Å²) in [5.74, 6) is 0. The molecule has 0 bridgehead atoms. The fourth-order valence-electron chi connectivity index (χ4n) is 1.31. The monoisotopic (exact) mass is 324 g/mol. The second kappa shape index (κ2) is 5.46. The number of aromatic nitrogens is 1. The van der Waals surface area contributed by atoms with Crippen LogP contribution in [0.5, 0.6) is 0 Å². The molecule has 0 aliphatic rings. The zero-order valence-corrected chi connectivity index (χ0v) is 11.7. The maximum absolute atomic E-state index is 9.20. The molecule has 0 N–H and O–H groups in total. The summed E-state index contributed by atoms with van der Waals surface area (Å²) < 4.78 is 0.984. The fraction of sp³-hybridized carbons (Fsp3) is 0. The lowest BCUT2D eigenvalue weighted by molar-refractivity contribution is 1.32. The predicted molar refractivity (Wildman–Crippen MR) is 74.5 cm³/mol. The highest BCUT2D eigenvalue weighted by atomic mass is 79.9. The van der Waals surface area contributed by atoms with Gasteiger partial charge in [-0.15, -0.1) is 11.3 Å². The standard InChI is InChI=1S/C12H6BrClN2S/c13-11-2-1-10(17-11)12(14)9(7-15)8-3-5-16-6-4-8/h1-6H/b12-9-. The van der Waals surface area contributed by atoms with Gasteiger partial charge >= 0.3 is 0 Å². The summed E-state index contributed by atoms with van der Waals surface area (Å²) >= 11 is 11.1. The lowest BCUT2D eigenvalue weighted by atomic mass is 10.1. The molecule has 0 saturated heterocycles. The highest BCUT2D eigenvalue weighted by Crippen LogP contribution is 2.35. The van der Waals surface area contributed by atoms with Crippen molar-refractivity contribution < 1.29 is 0 Å². The molecule has 0 fully saturated rings. The van der Waals surface area contributed by atoms with Gasteiger partial charge in [0.15, 0.2) is 0 Å². The molecular weight excluding hydrogens is 320 g/mol. The molecule has 0 spiro atoms. The van der Waals surface area contributed by atoms with Crippen LogP contribution in [0.4, 0.5) is 0 Å². The number of allylic oxidation sites excluding steroid dienone is 1. The normalized spacial score (nSPS) is 11.8. The first kappa shape index (κ1) is 12.3. The van der Waals surface area contributed by atoms with Crippen LogP contribution in [0.15, 0.2) is 40.4 Å². The van der Waals surface area contributed by atoms with E-state index in [2.05, 4.69) is 27.0 Å². The van der Waals surface area contributed by atoms with Crippen LogP contribution in [0.1, 0.15) is 10.4 Å². The van der Waals surface area contributed by atoms with Crippen LogP contribution in [-0.2, 0) is 0 Å². The molecule has 0 amide bonds. The molecule has 5 heteroatoms. The van der Waals surface area contributed by atoms with Gasteiger partial charge in [-0.2, -0.15) is 5.26 Å². The quantitative estimate of drug-likeness (QED) is 0.760. The number of rotatable bonds is 2. The topological polar surface area (TPSA) is 36.7 Å².